The van der Waals surface area contributed by atoms with Crippen LogP contribution < -0.4 is 9.84 Å². The summed E-state index contributed by atoms with van der Waals surface area (Å²) in [5, 5.41) is 18.6. The first kappa shape index (κ1) is 17.7. The number of ether oxygens (including phenoxy) is 1. The number of carbonyl (C=O) groups excluding carboxylic acids is 1. The van der Waals surface area contributed by atoms with Gasteiger partial charge in [-0.3, -0.25) is 0 Å². The highest BCUT2D eigenvalue weighted by Gasteiger charge is 2.14. The first-order valence-corrected chi connectivity index (χ1v) is 8.27. The molecular formula is C17H11F2N2O4S-. The Bertz CT molecular complexity index is 905. The fraction of sp³-hybridized carbons (Fsp3) is 0.118. The summed E-state index contributed by atoms with van der Waals surface area (Å²) in [5.74, 6) is -0.935. The third kappa shape index (κ3) is 4.51. The molecule has 0 amide bonds. The quantitative estimate of drug-likeness (QED) is 0.629. The van der Waals surface area contributed by atoms with E-state index in [4.69, 9.17) is 4.52 Å². The molecule has 0 radical (unpaired) electrons. The molecule has 6 nitrogen and oxygen atoms in total. The van der Waals surface area contributed by atoms with Crippen molar-refractivity contribution in [1.82, 2.24) is 10.1 Å². The Balaban J connectivity index is 1.88. The predicted molar refractivity (Wildman–Crippen MR) is 88.2 cm³/mol. The van der Waals surface area contributed by atoms with Gasteiger partial charge in [-0.25, -0.2) is 0 Å². The van der Waals surface area contributed by atoms with Gasteiger partial charge in [-0.1, -0.05) is 17.3 Å². The van der Waals surface area contributed by atoms with E-state index < -0.39 is 19.0 Å². The maximum absolute atomic E-state index is 12.2. The minimum absolute atomic E-state index is 0.00358. The second-order valence-electron chi connectivity index (χ2n) is 5.10. The number of halogens is 2. The lowest BCUT2D eigenvalue weighted by atomic mass is 10.1. The largest absolute Gasteiger partial charge is 0.550 e. The van der Waals surface area contributed by atoms with Crippen LogP contribution in [-0.4, -0.2) is 22.7 Å². The molecule has 0 saturated heterocycles. The minimum Gasteiger partial charge on any atom is -0.550 e. The molecule has 0 spiro atoms. The van der Waals surface area contributed by atoms with Crippen molar-refractivity contribution in [3.8, 4) is 17.1 Å². The average molecular weight is 377 g/mol. The van der Waals surface area contributed by atoms with Crippen LogP contribution in [0.5, 0.6) is 5.75 Å². The van der Waals surface area contributed by atoms with Gasteiger partial charge in [0.1, 0.15) is 5.75 Å². The number of alkyl halides is 2. The van der Waals surface area contributed by atoms with Crippen LogP contribution in [0, 0.1) is 0 Å². The van der Waals surface area contributed by atoms with Crippen LogP contribution >= 0.6 is 11.3 Å². The summed E-state index contributed by atoms with van der Waals surface area (Å²) >= 11 is 1.47. The van der Waals surface area contributed by atoms with Crippen molar-refractivity contribution < 1.29 is 27.9 Å². The molecule has 0 bridgehead atoms. The average Bonchev–Trinajstić information content (AvgIpc) is 3.26. The summed E-state index contributed by atoms with van der Waals surface area (Å²) in [6.07, 6.45) is 1.06. The number of carbonyl (C=O) groups is 1. The van der Waals surface area contributed by atoms with E-state index >= 15 is 0 Å². The highest BCUT2D eigenvalue weighted by Crippen LogP contribution is 2.25. The molecule has 3 rings (SSSR count). The molecule has 1 aromatic carbocycles. The van der Waals surface area contributed by atoms with E-state index in [-0.39, 0.29) is 17.2 Å². The number of aromatic nitrogens is 2. The van der Waals surface area contributed by atoms with Gasteiger partial charge in [0.15, 0.2) is 0 Å². The monoisotopic (exact) mass is 377 g/mol. The first-order valence-electron chi connectivity index (χ1n) is 7.33. The van der Waals surface area contributed by atoms with E-state index in [9.17, 15) is 18.7 Å². The van der Waals surface area contributed by atoms with Crippen molar-refractivity contribution in [2.45, 2.75) is 13.0 Å². The molecule has 0 saturated carbocycles. The van der Waals surface area contributed by atoms with Gasteiger partial charge in [-0.05, 0) is 35.2 Å². The van der Waals surface area contributed by atoms with Gasteiger partial charge in [-0.15, -0.1) is 0 Å². The number of aliphatic carboxylic acids is 1. The third-order valence-electron chi connectivity index (χ3n) is 3.26. The van der Waals surface area contributed by atoms with Gasteiger partial charge < -0.3 is 19.2 Å². The highest BCUT2D eigenvalue weighted by molar-refractivity contribution is 7.08. The second kappa shape index (κ2) is 7.87. The normalized spacial score (nSPS) is 11.7. The topological polar surface area (TPSA) is 88.3 Å². The van der Waals surface area contributed by atoms with Crippen molar-refractivity contribution in [2.75, 3.05) is 0 Å². The molecule has 26 heavy (non-hydrogen) atoms. The molecule has 3 aromatic rings. The summed E-state index contributed by atoms with van der Waals surface area (Å²) in [6, 6.07) is 7.51. The van der Waals surface area contributed by atoms with Gasteiger partial charge in [0.25, 0.3) is 5.89 Å². The molecule has 0 aliphatic rings. The lowest BCUT2D eigenvalue weighted by Crippen LogP contribution is -2.22. The molecule has 2 heterocycles. The maximum atomic E-state index is 12.2. The van der Waals surface area contributed by atoms with E-state index in [1.54, 1.807) is 0 Å². The lowest BCUT2D eigenvalue weighted by Gasteiger charge is -2.06. The molecule has 0 unspecified atom stereocenters. The number of benzene rings is 1. The number of hydrogen-bond donors (Lipinski definition) is 0. The summed E-state index contributed by atoms with van der Waals surface area (Å²) in [6.45, 7) is -2.92. The fourth-order valence-electron chi connectivity index (χ4n) is 2.15. The Morgan fingerprint density at radius 3 is 2.69 bits per heavy atom. The zero-order valence-corrected chi connectivity index (χ0v) is 13.9. The van der Waals surface area contributed by atoms with Gasteiger partial charge in [0.05, 0.1) is 0 Å². The van der Waals surface area contributed by atoms with Crippen molar-refractivity contribution in [1.29, 1.82) is 0 Å². The van der Waals surface area contributed by atoms with E-state index in [1.165, 1.54) is 41.7 Å². The van der Waals surface area contributed by atoms with Crippen LogP contribution in [0.2, 0.25) is 0 Å². The Labute approximate surface area is 150 Å². The van der Waals surface area contributed by atoms with Gasteiger partial charge in [0.2, 0.25) is 5.82 Å². The molecule has 0 N–H and O–H groups in total. The number of rotatable bonds is 7. The zero-order chi connectivity index (χ0) is 18.5. The fourth-order valence-corrected chi connectivity index (χ4v) is 2.79. The van der Waals surface area contributed by atoms with Crippen LogP contribution in [0.3, 0.4) is 0 Å². The highest BCUT2D eigenvalue weighted by atomic mass is 32.1. The summed E-state index contributed by atoms with van der Waals surface area (Å²) in [5.41, 5.74) is 1.55. The van der Waals surface area contributed by atoms with Crippen molar-refractivity contribution in [3.05, 3.63) is 52.5 Å². The van der Waals surface area contributed by atoms with E-state index in [0.717, 1.165) is 5.56 Å². The van der Waals surface area contributed by atoms with Crippen LogP contribution in [0.4, 0.5) is 8.78 Å². The molecule has 0 aliphatic carbocycles. The standard InChI is InChI=1S/C17H12F2N2O4S/c18-17(19)24-13-3-1-10(2-4-13)7-12(8-14(22)23)16-20-15(21-25-16)11-5-6-26-9-11/h1-7,9,17H,8H2,(H,22,23)/p-1/b12-7+. The number of carboxylic acid groups (broad SMARTS) is 1. The molecule has 9 heteroatoms. The minimum atomic E-state index is -2.92. The Morgan fingerprint density at radius 2 is 2.08 bits per heavy atom. The molecule has 2 aromatic heterocycles. The van der Waals surface area contributed by atoms with Crippen molar-refractivity contribution >= 4 is 29.0 Å². The number of hydrogen-bond acceptors (Lipinski definition) is 7. The van der Waals surface area contributed by atoms with Crippen molar-refractivity contribution in [3.63, 3.8) is 0 Å². The molecule has 0 aliphatic heterocycles. The SMILES string of the molecule is O=C([O-])C/C(=C\c1ccc(OC(F)F)cc1)c1nc(-c2ccsc2)no1. The lowest BCUT2D eigenvalue weighted by molar-refractivity contribution is -0.304. The number of nitrogens with zero attached hydrogens (tertiary/aromatic N) is 2. The number of thiophene rings is 1. The Hall–Kier alpha value is -3.07. The molecular weight excluding hydrogens is 366 g/mol. The van der Waals surface area contributed by atoms with Crippen LogP contribution in [0.25, 0.3) is 23.0 Å². The predicted octanol–water partition coefficient (Wildman–Crippen LogP) is 3.08. The maximum Gasteiger partial charge on any atom is 0.387 e. The summed E-state index contributed by atoms with van der Waals surface area (Å²) < 4.78 is 33.8. The van der Waals surface area contributed by atoms with Crippen LogP contribution in [0.15, 0.2) is 45.6 Å². The van der Waals surface area contributed by atoms with Gasteiger partial charge in [0, 0.05) is 28.9 Å². The van der Waals surface area contributed by atoms with E-state index in [2.05, 4.69) is 14.9 Å². The zero-order valence-electron chi connectivity index (χ0n) is 13.1. The van der Waals surface area contributed by atoms with Gasteiger partial charge >= 0.3 is 6.61 Å². The molecule has 0 fully saturated rings. The Morgan fingerprint density at radius 1 is 1.31 bits per heavy atom. The first-order chi connectivity index (χ1) is 12.5. The molecule has 0 atom stereocenters. The van der Waals surface area contributed by atoms with Crippen molar-refractivity contribution in [2.24, 2.45) is 0 Å². The smallest absolute Gasteiger partial charge is 0.387 e. The molecule has 134 valence electrons. The van der Waals surface area contributed by atoms with Crippen LogP contribution in [0.1, 0.15) is 17.9 Å². The number of carboxylic acids is 1. The van der Waals surface area contributed by atoms with E-state index in [0.29, 0.717) is 11.4 Å². The van der Waals surface area contributed by atoms with Gasteiger partial charge in [-0.2, -0.15) is 25.1 Å². The third-order valence-corrected chi connectivity index (χ3v) is 3.94. The Kier molecular flexibility index (Phi) is 5.37. The van der Waals surface area contributed by atoms with E-state index in [1.807, 2.05) is 16.8 Å². The van der Waals surface area contributed by atoms with Crippen LogP contribution in [-0.2, 0) is 4.79 Å². The summed E-state index contributed by atoms with van der Waals surface area (Å²) in [4.78, 5) is 15.2. The summed E-state index contributed by atoms with van der Waals surface area (Å²) in [7, 11) is 0. The second-order valence-corrected chi connectivity index (χ2v) is 5.88.